The van der Waals surface area contributed by atoms with E-state index in [1.54, 1.807) is 13.0 Å². The molecule has 0 aromatic heterocycles. The van der Waals surface area contributed by atoms with E-state index >= 15 is 0 Å². The summed E-state index contributed by atoms with van der Waals surface area (Å²) in [5, 5.41) is 10.4. The van der Waals surface area contributed by atoms with E-state index in [0.29, 0.717) is 41.5 Å². The molecule has 0 N–H and O–H groups in total. The van der Waals surface area contributed by atoms with Crippen molar-refractivity contribution in [3.05, 3.63) is 34.4 Å². The van der Waals surface area contributed by atoms with Crippen LogP contribution in [0.25, 0.3) is 0 Å². The molecular weight excluding hydrogens is 392 g/mol. The Kier molecular flexibility index (Phi) is 5.58. The van der Waals surface area contributed by atoms with E-state index in [4.69, 9.17) is 14.2 Å². The van der Waals surface area contributed by atoms with E-state index in [2.05, 4.69) is 11.1 Å². The Labute approximate surface area is 172 Å². The zero-order chi connectivity index (χ0) is 20.4. The number of ketones is 1. The standard InChI is InChI=1S/C21H20N2O5S/c1-2-26-18(25)10-29-21-13(9-22)19(20-14(23-21)4-3-5-15(20)24)12-6-7-16-17(8-12)28-11-27-16/h6-8,19-20H,2-5,10-11H2,1H3/t19-,20-/m0/s1. The Balaban J connectivity index is 1.75. The van der Waals surface area contributed by atoms with Crippen LogP contribution >= 0.6 is 11.8 Å². The summed E-state index contributed by atoms with van der Waals surface area (Å²) >= 11 is 1.19. The van der Waals surface area contributed by atoms with Crippen molar-refractivity contribution in [2.45, 2.75) is 32.1 Å². The van der Waals surface area contributed by atoms with Crippen LogP contribution in [0, 0.1) is 17.2 Å². The van der Waals surface area contributed by atoms with Gasteiger partial charge >= 0.3 is 5.97 Å². The van der Waals surface area contributed by atoms with Crippen molar-refractivity contribution in [2.75, 3.05) is 19.2 Å². The van der Waals surface area contributed by atoms with Gasteiger partial charge in [-0.25, -0.2) is 4.99 Å². The fraction of sp³-hybridized carbons (Fsp3) is 0.429. The number of rotatable bonds is 5. The number of fused-ring (bicyclic) bond motifs is 2. The Morgan fingerprint density at radius 1 is 1.31 bits per heavy atom. The average Bonchev–Trinajstić information content (AvgIpc) is 3.19. The zero-order valence-corrected chi connectivity index (χ0v) is 16.8. The molecule has 0 saturated heterocycles. The van der Waals surface area contributed by atoms with Crippen molar-refractivity contribution in [1.82, 2.24) is 0 Å². The van der Waals surface area contributed by atoms with Gasteiger partial charge in [0.1, 0.15) is 10.8 Å². The molecule has 2 atom stereocenters. The van der Waals surface area contributed by atoms with Gasteiger partial charge in [0, 0.05) is 18.1 Å². The summed E-state index contributed by atoms with van der Waals surface area (Å²) in [5.41, 5.74) is 2.00. The number of allylic oxidation sites excluding steroid dienone is 1. The summed E-state index contributed by atoms with van der Waals surface area (Å²) in [7, 11) is 0. The van der Waals surface area contributed by atoms with Crippen LogP contribution in [0.15, 0.2) is 33.8 Å². The lowest BCUT2D eigenvalue weighted by molar-refractivity contribution is -0.139. The minimum atomic E-state index is -0.453. The first-order valence-corrected chi connectivity index (χ1v) is 10.5. The van der Waals surface area contributed by atoms with Gasteiger partial charge in [-0.3, -0.25) is 9.59 Å². The quantitative estimate of drug-likeness (QED) is 0.684. The topological polar surface area (TPSA) is 98.0 Å². The highest BCUT2D eigenvalue weighted by Gasteiger charge is 2.42. The summed E-state index contributed by atoms with van der Waals surface area (Å²) in [6.07, 6.45) is 1.94. The second-order valence-electron chi connectivity index (χ2n) is 6.92. The molecule has 0 spiro atoms. The van der Waals surface area contributed by atoms with Gasteiger partial charge in [0.2, 0.25) is 6.79 Å². The van der Waals surface area contributed by atoms with Gasteiger partial charge in [-0.05, 0) is 37.5 Å². The molecule has 150 valence electrons. The van der Waals surface area contributed by atoms with Crippen LogP contribution in [0.3, 0.4) is 0 Å². The minimum Gasteiger partial charge on any atom is -0.465 e. The highest BCUT2D eigenvalue weighted by molar-refractivity contribution is 8.03. The van der Waals surface area contributed by atoms with Gasteiger partial charge in [0.25, 0.3) is 0 Å². The molecule has 1 aromatic rings. The maximum absolute atomic E-state index is 12.8. The Hall–Kier alpha value is -2.79. The van der Waals surface area contributed by atoms with E-state index in [1.165, 1.54) is 11.8 Å². The largest absolute Gasteiger partial charge is 0.465 e. The van der Waals surface area contributed by atoms with Crippen molar-refractivity contribution in [1.29, 1.82) is 5.26 Å². The number of aliphatic imine (C=N–C) groups is 1. The molecule has 1 aliphatic carbocycles. The molecule has 0 unspecified atom stereocenters. The SMILES string of the molecule is CCOC(=O)CSC1=C(C#N)[C@H](c2ccc3c(c2)OCO3)[C@@H]2C(=O)CCCC2=N1. The van der Waals surface area contributed by atoms with Gasteiger partial charge in [-0.1, -0.05) is 17.8 Å². The number of carbonyl (C=O) groups is 2. The molecule has 0 bridgehead atoms. The Morgan fingerprint density at radius 2 is 2.14 bits per heavy atom. The van der Waals surface area contributed by atoms with E-state index < -0.39 is 11.8 Å². The fourth-order valence-electron chi connectivity index (χ4n) is 3.96. The van der Waals surface area contributed by atoms with E-state index in [0.717, 1.165) is 17.7 Å². The Morgan fingerprint density at radius 3 is 2.93 bits per heavy atom. The molecule has 7 nitrogen and oxygen atoms in total. The van der Waals surface area contributed by atoms with Crippen LogP contribution in [0.4, 0.5) is 0 Å². The number of benzene rings is 1. The van der Waals surface area contributed by atoms with E-state index in [9.17, 15) is 14.9 Å². The van der Waals surface area contributed by atoms with Crippen LogP contribution < -0.4 is 9.47 Å². The predicted octanol–water partition coefficient (Wildman–Crippen LogP) is 3.35. The summed E-state index contributed by atoms with van der Waals surface area (Å²) in [4.78, 5) is 29.3. The van der Waals surface area contributed by atoms with Crippen molar-refractivity contribution < 1.29 is 23.8 Å². The lowest BCUT2D eigenvalue weighted by Gasteiger charge is -2.34. The summed E-state index contributed by atoms with van der Waals surface area (Å²) in [6.45, 7) is 2.20. The molecule has 2 aliphatic heterocycles. The summed E-state index contributed by atoms with van der Waals surface area (Å²) < 4.78 is 15.9. The van der Waals surface area contributed by atoms with Crippen LogP contribution in [-0.4, -0.2) is 36.6 Å². The van der Waals surface area contributed by atoms with Gasteiger partial charge in [0.05, 0.1) is 29.9 Å². The molecule has 29 heavy (non-hydrogen) atoms. The van der Waals surface area contributed by atoms with Crippen molar-refractivity contribution in [3.63, 3.8) is 0 Å². The van der Waals surface area contributed by atoms with Gasteiger partial charge in [-0.15, -0.1) is 0 Å². The number of ether oxygens (including phenoxy) is 3. The molecule has 0 radical (unpaired) electrons. The molecular formula is C21H20N2O5S. The normalized spacial score (nSPS) is 22.6. The third-order valence-electron chi connectivity index (χ3n) is 5.19. The van der Waals surface area contributed by atoms with Crippen LogP contribution in [0.1, 0.15) is 37.7 Å². The molecule has 4 rings (SSSR count). The number of esters is 1. The second kappa shape index (κ2) is 8.29. The third-order valence-corrected chi connectivity index (χ3v) is 6.15. The highest BCUT2D eigenvalue weighted by atomic mass is 32.2. The van der Waals surface area contributed by atoms with Crippen molar-refractivity contribution >= 4 is 29.2 Å². The number of hydrogen-bond donors (Lipinski definition) is 0. The van der Waals surface area contributed by atoms with Crippen molar-refractivity contribution in [3.8, 4) is 17.6 Å². The summed E-state index contributed by atoms with van der Waals surface area (Å²) in [5.74, 6) is 0.159. The maximum atomic E-state index is 12.8. The first-order chi connectivity index (χ1) is 14.1. The predicted molar refractivity (Wildman–Crippen MR) is 107 cm³/mol. The average molecular weight is 412 g/mol. The highest BCUT2D eigenvalue weighted by Crippen LogP contribution is 2.46. The lowest BCUT2D eigenvalue weighted by atomic mass is 9.70. The van der Waals surface area contributed by atoms with Crippen LogP contribution in [-0.2, 0) is 14.3 Å². The molecule has 1 aromatic carbocycles. The lowest BCUT2D eigenvalue weighted by Crippen LogP contribution is -2.37. The molecule has 3 aliphatic rings. The number of carbonyl (C=O) groups excluding carboxylic acids is 2. The number of nitriles is 1. The fourth-order valence-corrected chi connectivity index (χ4v) is 4.81. The third kappa shape index (κ3) is 3.75. The van der Waals surface area contributed by atoms with E-state index in [-0.39, 0.29) is 24.3 Å². The zero-order valence-electron chi connectivity index (χ0n) is 16.0. The molecule has 0 amide bonds. The van der Waals surface area contributed by atoms with Crippen molar-refractivity contribution in [2.24, 2.45) is 10.9 Å². The van der Waals surface area contributed by atoms with Crippen LogP contribution in [0.2, 0.25) is 0 Å². The first-order valence-electron chi connectivity index (χ1n) is 9.54. The first kappa shape index (κ1) is 19.5. The van der Waals surface area contributed by atoms with Gasteiger partial charge < -0.3 is 14.2 Å². The minimum absolute atomic E-state index is 0.0671. The molecule has 1 saturated carbocycles. The maximum Gasteiger partial charge on any atom is 0.316 e. The van der Waals surface area contributed by atoms with E-state index in [1.807, 2.05) is 12.1 Å². The summed E-state index contributed by atoms with van der Waals surface area (Å²) in [6, 6.07) is 7.76. The van der Waals surface area contributed by atoms with Gasteiger partial charge in [0.15, 0.2) is 11.5 Å². The van der Waals surface area contributed by atoms with Gasteiger partial charge in [-0.2, -0.15) is 5.26 Å². The smallest absolute Gasteiger partial charge is 0.316 e. The molecule has 8 heteroatoms. The number of hydrogen-bond acceptors (Lipinski definition) is 8. The number of thioether (sulfide) groups is 1. The molecule has 1 fully saturated rings. The Bertz CT molecular complexity index is 962. The van der Waals surface area contributed by atoms with Crippen LogP contribution in [0.5, 0.6) is 11.5 Å². The second-order valence-corrected chi connectivity index (χ2v) is 7.88. The monoisotopic (exact) mass is 412 g/mol. The number of Topliss-reactive ketones (excluding diaryl/α,β-unsaturated/α-hetero) is 1. The molecule has 2 heterocycles. The number of nitrogens with zero attached hydrogens (tertiary/aromatic N) is 2.